The molecule has 16 heavy (non-hydrogen) atoms. The summed E-state index contributed by atoms with van der Waals surface area (Å²) in [5.41, 5.74) is 5.69. The number of hydrogen-bond acceptors (Lipinski definition) is 5. The molecule has 0 radical (unpaired) electrons. The third-order valence-electron chi connectivity index (χ3n) is 2.04. The second kappa shape index (κ2) is 9.48. The van der Waals surface area contributed by atoms with Crippen molar-refractivity contribution in [3.05, 3.63) is 0 Å². The van der Waals surface area contributed by atoms with Crippen LogP contribution in [0.2, 0.25) is 0 Å². The second-order valence-corrected chi connectivity index (χ2v) is 5.88. The largest absolute Gasteiger partial charge is 0.517 e. The summed E-state index contributed by atoms with van der Waals surface area (Å²) in [4.78, 5) is 0. The van der Waals surface area contributed by atoms with E-state index in [1.807, 2.05) is 7.05 Å². The Kier molecular flexibility index (Phi) is 10.5. The highest BCUT2D eigenvalue weighted by Gasteiger charge is 2.45. The van der Waals surface area contributed by atoms with Gasteiger partial charge in [-0.1, -0.05) is 6.92 Å². The van der Waals surface area contributed by atoms with Gasteiger partial charge >= 0.3 is 13.8 Å². The van der Waals surface area contributed by atoms with Crippen molar-refractivity contribution in [1.29, 1.82) is 5.53 Å². The van der Waals surface area contributed by atoms with Gasteiger partial charge in [0.05, 0.1) is 5.67 Å². The van der Waals surface area contributed by atoms with Crippen LogP contribution in [-0.4, -0.2) is 58.3 Å². The fraction of sp³-hybridized carbons (Fsp3) is 1.00. The van der Waals surface area contributed by atoms with Crippen LogP contribution in [0.15, 0.2) is 0 Å². The molecule has 0 bridgehead atoms. The number of hydrogen-bond donors (Lipinski definition) is 4. The smallest absolute Gasteiger partial charge is 0.376 e. The molecule has 0 aliphatic carbocycles. The van der Waals surface area contributed by atoms with E-state index in [0.29, 0.717) is 0 Å². The van der Waals surface area contributed by atoms with Gasteiger partial charge in [-0.3, -0.25) is 0 Å². The lowest BCUT2D eigenvalue weighted by molar-refractivity contribution is -1.01. The number of nitrogens with one attached hydrogen (secondary N) is 2. The molecule has 1 unspecified atom stereocenters. The van der Waals surface area contributed by atoms with E-state index in [1.54, 1.807) is 21.3 Å². The van der Waals surface area contributed by atoms with Crippen molar-refractivity contribution in [3.8, 4) is 0 Å². The molecule has 0 aromatic rings. The third kappa shape index (κ3) is 5.98. The maximum atomic E-state index is 7.11. The van der Waals surface area contributed by atoms with E-state index < -0.39 is 13.8 Å². The van der Waals surface area contributed by atoms with Crippen molar-refractivity contribution in [2.24, 2.45) is 0 Å². The molecule has 0 fully saturated rings. The van der Waals surface area contributed by atoms with Crippen LogP contribution in [0.4, 0.5) is 0 Å². The Hall–Kier alpha value is -0.743. The zero-order valence-corrected chi connectivity index (χ0v) is 11.4. The minimum absolute atomic E-state index is 0.164. The fourth-order valence-corrected chi connectivity index (χ4v) is 3.51. The van der Waals surface area contributed by atoms with Gasteiger partial charge in [-0.25, -0.2) is 10.4 Å². The van der Waals surface area contributed by atoms with Gasteiger partial charge in [0.1, 0.15) is 0 Å². The first-order valence-corrected chi connectivity index (χ1v) is 6.46. The third-order valence-corrected chi connectivity index (χ3v) is 5.29. The van der Waals surface area contributed by atoms with Gasteiger partial charge < -0.3 is 18.6 Å². The first-order chi connectivity index (χ1) is 7.43. The molecule has 8 nitrogen and oxygen atoms in total. The van der Waals surface area contributed by atoms with Crippen molar-refractivity contribution in [1.82, 2.24) is 5.32 Å². The van der Waals surface area contributed by atoms with Crippen molar-refractivity contribution in [2.75, 3.05) is 28.4 Å². The van der Waals surface area contributed by atoms with Gasteiger partial charge in [0.2, 0.25) is 0 Å². The predicted octanol–water partition coefficient (Wildman–Crippen LogP) is 0.210. The molecule has 9 heteroatoms. The predicted molar refractivity (Wildman–Crippen MR) is 56.5 cm³/mol. The summed E-state index contributed by atoms with van der Waals surface area (Å²) in [5.74, 6) is 0. The van der Waals surface area contributed by atoms with E-state index >= 15 is 0 Å². The van der Waals surface area contributed by atoms with Crippen LogP contribution >= 0.6 is 0 Å². The first-order valence-electron chi connectivity index (χ1n) is 4.65. The normalized spacial score (nSPS) is 12.6. The molecule has 0 saturated heterocycles. The minimum atomic E-state index is -2.46. The van der Waals surface area contributed by atoms with Crippen LogP contribution in [-0.2, 0) is 13.3 Å². The van der Waals surface area contributed by atoms with E-state index in [-0.39, 0.29) is 5.67 Å². The molecule has 4 N–H and O–H groups in total. The Morgan fingerprint density at radius 2 is 1.56 bits per heavy atom. The van der Waals surface area contributed by atoms with Gasteiger partial charge in [0.25, 0.3) is 0 Å². The highest BCUT2D eigenvalue weighted by molar-refractivity contribution is 6.62. The van der Waals surface area contributed by atoms with Crippen molar-refractivity contribution in [2.45, 2.75) is 19.0 Å². The summed E-state index contributed by atoms with van der Waals surface area (Å²) in [6, 6.07) is 0. The van der Waals surface area contributed by atoms with Crippen LogP contribution in [0.25, 0.3) is 0 Å². The lowest BCUT2D eigenvalue weighted by Gasteiger charge is -2.31. The van der Waals surface area contributed by atoms with Crippen LogP contribution < -0.4 is 5.32 Å². The molecule has 98 valence electrons. The van der Waals surface area contributed by atoms with Crippen LogP contribution in [0, 0.1) is 5.53 Å². The fourth-order valence-electron chi connectivity index (χ4n) is 1.31. The summed E-state index contributed by atoms with van der Waals surface area (Å²) in [6.07, 6.45) is 0.929. The Labute approximate surface area is 96.5 Å². The summed E-state index contributed by atoms with van der Waals surface area (Å²) < 4.78 is 15.9. The van der Waals surface area contributed by atoms with Gasteiger partial charge in [0.15, 0.2) is 0 Å². The average Bonchev–Trinajstić information content (AvgIpc) is 2.25. The summed E-state index contributed by atoms with van der Waals surface area (Å²) in [7, 11) is 4.30. The molecule has 0 rings (SSSR count). The van der Waals surface area contributed by atoms with E-state index in [9.17, 15) is 0 Å². The van der Waals surface area contributed by atoms with Gasteiger partial charge in [-0.15, -0.1) is 0 Å². The van der Waals surface area contributed by atoms with Crippen LogP contribution in [0.3, 0.4) is 0 Å². The lowest BCUT2D eigenvalue weighted by atomic mass is 10.5. The van der Waals surface area contributed by atoms with Gasteiger partial charge in [-0.05, 0) is 13.5 Å². The van der Waals surface area contributed by atoms with E-state index in [1.165, 1.54) is 0 Å². The molecule has 0 saturated carbocycles. The molecule has 0 aliphatic heterocycles. The molecule has 0 spiro atoms. The lowest BCUT2D eigenvalue weighted by Crippen LogP contribution is -2.59. The minimum Gasteiger partial charge on any atom is -0.376 e. The van der Waals surface area contributed by atoms with E-state index in [4.69, 9.17) is 29.2 Å². The van der Waals surface area contributed by atoms with E-state index in [2.05, 4.69) is 12.2 Å². The molecule has 0 amide bonds. The molecule has 0 aromatic heterocycles. The van der Waals surface area contributed by atoms with E-state index in [0.717, 1.165) is 6.42 Å². The first kappa shape index (κ1) is 17.6. The highest BCUT2D eigenvalue weighted by atomic mass is 28.4. The molecule has 0 heterocycles. The Bertz CT molecular complexity index is 175. The maximum absolute atomic E-state index is 7.11. The SMILES string of the molecule is CCC(NC)[Si](OC)(OC)OC.N=[N+](O)O. The standard InChI is InChI=1S/C7H19NO3Si.H3N2O2/c1-6-7(8-2)12(9-3,10-4)11-5;1-2(3)4/h7-8H,6H2,1-5H3;(H3,1,3,4)/q;+1. The zero-order valence-electron chi connectivity index (χ0n) is 10.4. The zero-order chi connectivity index (χ0) is 13.2. The van der Waals surface area contributed by atoms with Gasteiger partial charge in [0, 0.05) is 26.9 Å². The monoisotopic (exact) mass is 256 g/mol. The topological polar surface area (TPSA) is 107 Å². The molecule has 0 aromatic carbocycles. The average molecular weight is 256 g/mol. The molecule has 1 atom stereocenters. The van der Waals surface area contributed by atoms with Crippen molar-refractivity contribution in [3.63, 3.8) is 0 Å². The number of rotatable bonds is 6. The molecule has 0 aliphatic rings. The molecular formula is C7H22N3O5Si+. The van der Waals surface area contributed by atoms with Crippen molar-refractivity contribution < 1.29 is 28.7 Å². The summed E-state index contributed by atoms with van der Waals surface area (Å²) >= 11 is 0. The number of nitrogens with zero attached hydrogens (tertiary/aromatic N) is 1. The Morgan fingerprint density at radius 3 is 1.62 bits per heavy atom. The quantitative estimate of drug-likeness (QED) is 0.307. The van der Waals surface area contributed by atoms with Crippen molar-refractivity contribution >= 4 is 8.80 Å². The van der Waals surface area contributed by atoms with Crippen LogP contribution in [0.5, 0.6) is 0 Å². The Morgan fingerprint density at radius 1 is 1.25 bits per heavy atom. The van der Waals surface area contributed by atoms with Crippen LogP contribution in [0.1, 0.15) is 13.3 Å². The molecular weight excluding hydrogens is 234 g/mol. The maximum Gasteiger partial charge on any atom is 0.517 e. The summed E-state index contributed by atoms with van der Waals surface area (Å²) in [5, 5.41) is 16.6. The second-order valence-electron chi connectivity index (χ2n) is 2.75. The Balaban J connectivity index is 0. The summed E-state index contributed by atoms with van der Waals surface area (Å²) in [6.45, 7) is 2.07. The van der Waals surface area contributed by atoms with Gasteiger partial charge in [-0.2, -0.15) is 0 Å². The highest BCUT2D eigenvalue weighted by Crippen LogP contribution is 2.13.